The van der Waals surface area contributed by atoms with Crippen molar-refractivity contribution in [3.8, 4) is 17.2 Å². The number of aromatic hydroxyl groups is 1. The SMILES string of the molecule is C=C(C(N)=O)[C@@H](NC(=O)[C@H](Cc1c[nH]c2ccccc12)NC(=O)[C@@H]1CCCN1C(=O)[C@@H](N)Cc1ccc(O)cc1)c1cccc2c1OCO2. The van der Waals surface area contributed by atoms with Gasteiger partial charge in [0, 0.05) is 41.2 Å². The number of amides is 4. The molecule has 13 nitrogen and oxygen atoms in total. The van der Waals surface area contributed by atoms with Crippen molar-refractivity contribution < 1.29 is 33.8 Å². The highest BCUT2D eigenvalue weighted by molar-refractivity contribution is 5.97. The van der Waals surface area contributed by atoms with Gasteiger partial charge < -0.3 is 46.6 Å². The zero-order valence-electron chi connectivity index (χ0n) is 26.7. The number of nitrogens with zero attached hydrogens (tertiary/aromatic N) is 1. The molecule has 4 amide bonds. The molecule has 1 saturated heterocycles. The van der Waals surface area contributed by atoms with E-state index in [1.807, 2.05) is 24.3 Å². The van der Waals surface area contributed by atoms with E-state index in [9.17, 15) is 24.3 Å². The second-order valence-corrected chi connectivity index (χ2v) is 12.2. The van der Waals surface area contributed by atoms with E-state index in [4.69, 9.17) is 20.9 Å². The number of carbonyl (C=O) groups excluding carboxylic acids is 4. The molecule has 2 aliphatic rings. The molecule has 6 rings (SSSR count). The third-order valence-electron chi connectivity index (χ3n) is 8.97. The zero-order valence-corrected chi connectivity index (χ0v) is 26.7. The Hall–Kier alpha value is -5.82. The lowest BCUT2D eigenvalue weighted by atomic mass is 9.96. The molecule has 49 heavy (non-hydrogen) atoms. The van der Waals surface area contributed by atoms with Crippen molar-refractivity contribution in [3.63, 3.8) is 0 Å². The number of hydrogen-bond acceptors (Lipinski definition) is 8. The summed E-state index contributed by atoms with van der Waals surface area (Å²) in [7, 11) is 0. The van der Waals surface area contributed by atoms with E-state index < -0.39 is 41.9 Å². The Labute approximate surface area is 282 Å². The number of benzene rings is 3. The number of para-hydroxylation sites is 2. The molecular formula is C36H38N6O7. The van der Waals surface area contributed by atoms with Crippen molar-refractivity contribution in [1.82, 2.24) is 20.5 Å². The molecule has 13 heteroatoms. The third-order valence-corrected chi connectivity index (χ3v) is 8.97. The van der Waals surface area contributed by atoms with Gasteiger partial charge in [-0.15, -0.1) is 0 Å². The highest BCUT2D eigenvalue weighted by Gasteiger charge is 2.38. The number of fused-ring (bicyclic) bond motifs is 2. The predicted molar refractivity (Wildman–Crippen MR) is 180 cm³/mol. The average molecular weight is 667 g/mol. The summed E-state index contributed by atoms with van der Waals surface area (Å²) >= 11 is 0. The van der Waals surface area contributed by atoms with Gasteiger partial charge in [-0.2, -0.15) is 0 Å². The van der Waals surface area contributed by atoms with Crippen LogP contribution in [0.1, 0.15) is 35.6 Å². The summed E-state index contributed by atoms with van der Waals surface area (Å²) < 4.78 is 11.1. The fraction of sp³-hybridized carbons (Fsp3) is 0.278. The molecule has 0 unspecified atom stereocenters. The lowest BCUT2D eigenvalue weighted by Gasteiger charge is -2.29. The second kappa shape index (κ2) is 14.1. The van der Waals surface area contributed by atoms with Crippen molar-refractivity contribution in [1.29, 1.82) is 0 Å². The van der Waals surface area contributed by atoms with Crippen LogP contribution in [0.4, 0.5) is 0 Å². The standard InChI is InChI=1S/C36H38N6O7/c1-20(33(38)44)31(25-7-4-10-30-32(25)49-19-48-30)41-34(45)28(17-22-18-39-27-8-3-2-6-24(22)27)40-35(46)29-9-5-15-42(29)36(47)26(37)16-21-11-13-23(43)14-12-21/h2-4,6-8,10-14,18,26,28-29,31,39,43H,1,5,9,15-17,19,37H2,(H2,38,44)(H,40,46)(H,41,45)/t26-,28-,29-,31+/m0/s1. The summed E-state index contributed by atoms with van der Waals surface area (Å²) in [5.74, 6) is -1.45. The molecule has 0 aliphatic carbocycles. The highest BCUT2D eigenvalue weighted by atomic mass is 16.7. The summed E-state index contributed by atoms with van der Waals surface area (Å²) in [6.45, 7) is 4.14. The molecular weight excluding hydrogens is 628 g/mol. The minimum Gasteiger partial charge on any atom is -0.508 e. The molecule has 0 spiro atoms. The molecule has 0 radical (unpaired) electrons. The number of hydrogen-bond donors (Lipinski definition) is 6. The molecule has 3 heterocycles. The Bertz CT molecular complexity index is 1910. The van der Waals surface area contributed by atoms with Crippen LogP contribution in [-0.2, 0) is 32.0 Å². The molecule has 2 aliphatic heterocycles. The van der Waals surface area contributed by atoms with Crippen molar-refractivity contribution in [2.45, 2.75) is 49.9 Å². The third kappa shape index (κ3) is 7.06. The number of nitrogens with one attached hydrogen (secondary N) is 3. The van der Waals surface area contributed by atoms with Gasteiger partial charge in [-0.05, 0) is 54.7 Å². The number of carbonyl (C=O) groups is 4. The summed E-state index contributed by atoms with van der Waals surface area (Å²) in [4.78, 5) is 58.7. The number of primary amides is 1. The molecule has 1 aromatic heterocycles. The van der Waals surface area contributed by atoms with E-state index in [-0.39, 0.29) is 36.9 Å². The number of nitrogens with two attached hydrogens (primary N) is 2. The normalized spacial score (nSPS) is 16.9. The van der Waals surface area contributed by atoms with Gasteiger partial charge in [0.2, 0.25) is 30.4 Å². The van der Waals surface area contributed by atoms with Crippen LogP contribution >= 0.6 is 0 Å². The van der Waals surface area contributed by atoms with Crippen molar-refractivity contribution >= 4 is 34.5 Å². The first-order valence-corrected chi connectivity index (χ1v) is 16.0. The average Bonchev–Trinajstić information content (AvgIpc) is 3.87. The first kappa shape index (κ1) is 33.1. The van der Waals surface area contributed by atoms with Crippen LogP contribution in [0.15, 0.2) is 85.1 Å². The Morgan fingerprint density at radius 3 is 2.55 bits per heavy atom. The lowest BCUT2D eigenvalue weighted by molar-refractivity contribution is -0.140. The Balaban J connectivity index is 1.25. The molecule has 8 N–H and O–H groups in total. The molecule has 0 bridgehead atoms. The van der Waals surface area contributed by atoms with Gasteiger partial charge in [0.1, 0.15) is 17.8 Å². The number of ether oxygens (including phenoxy) is 2. The number of H-pyrrole nitrogens is 1. The fourth-order valence-corrected chi connectivity index (χ4v) is 6.40. The van der Waals surface area contributed by atoms with Crippen LogP contribution in [-0.4, -0.2) is 70.1 Å². The molecule has 4 aromatic rings. The summed E-state index contributed by atoms with van der Waals surface area (Å²) in [5, 5.41) is 16.2. The van der Waals surface area contributed by atoms with Gasteiger partial charge in [0.15, 0.2) is 11.5 Å². The van der Waals surface area contributed by atoms with Gasteiger partial charge in [-0.25, -0.2) is 0 Å². The number of likely N-dealkylation sites (tertiary alicyclic amines) is 1. The first-order chi connectivity index (χ1) is 23.6. The number of phenolic OH excluding ortho intramolecular Hbond substituents is 1. The monoisotopic (exact) mass is 666 g/mol. The largest absolute Gasteiger partial charge is 0.508 e. The molecule has 0 saturated carbocycles. The highest BCUT2D eigenvalue weighted by Crippen LogP contribution is 2.40. The van der Waals surface area contributed by atoms with Gasteiger partial charge in [0.25, 0.3) is 0 Å². The minimum atomic E-state index is -1.13. The maximum absolute atomic E-state index is 14.2. The van der Waals surface area contributed by atoms with Crippen molar-refractivity contribution in [2.24, 2.45) is 11.5 Å². The summed E-state index contributed by atoms with van der Waals surface area (Å²) in [6.07, 6.45) is 3.06. The van der Waals surface area contributed by atoms with E-state index in [0.29, 0.717) is 36.4 Å². The van der Waals surface area contributed by atoms with Crippen LogP contribution < -0.4 is 31.6 Å². The zero-order chi connectivity index (χ0) is 34.7. The molecule has 4 atom stereocenters. The van der Waals surface area contributed by atoms with E-state index >= 15 is 0 Å². The van der Waals surface area contributed by atoms with Gasteiger partial charge in [-0.3, -0.25) is 19.2 Å². The number of aromatic amines is 1. The van der Waals surface area contributed by atoms with Gasteiger partial charge >= 0.3 is 0 Å². The van der Waals surface area contributed by atoms with Crippen LogP contribution in [0, 0.1) is 0 Å². The predicted octanol–water partition coefficient (Wildman–Crippen LogP) is 2.09. The van der Waals surface area contributed by atoms with Gasteiger partial charge in [-0.1, -0.05) is 49.0 Å². The first-order valence-electron chi connectivity index (χ1n) is 16.0. The molecule has 3 aromatic carbocycles. The second-order valence-electron chi connectivity index (χ2n) is 12.2. The van der Waals surface area contributed by atoms with Crippen LogP contribution in [0.5, 0.6) is 17.2 Å². The fourth-order valence-electron chi connectivity index (χ4n) is 6.40. The maximum Gasteiger partial charge on any atom is 0.246 e. The van der Waals surface area contributed by atoms with Crippen LogP contribution in [0.25, 0.3) is 10.9 Å². The van der Waals surface area contributed by atoms with Crippen molar-refractivity contribution in [3.05, 3.63) is 102 Å². The lowest BCUT2D eigenvalue weighted by Crippen LogP contribution is -2.56. The summed E-state index contributed by atoms with van der Waals surface area (Å²) in [6, 6.07) is 15.1. The molecule has 254 valence electrons. The topological polar surface area (TPSA) is 202 Å². The van der Waals surface area contributed by atoms with E-state index in [1.165, 1.54) is 17.0 Å². The van der Waals surface area contributed by atoms with Crippen LogP contribution in [0.3, 0.4) is 0 Å². The Morgan fingerprint density at radius 2 is 1.78 bits per heavy atom. The quantitative estimate of drug-likeness (QED) is 0.123. The van der Waals surface area contributed by atoms with Crippen LogP contribution in [0.2, 0.25) is 0 Å². The van der Waals surface area contributed by atoms with Gasteiger partial charge in [0.05, 0.1) is 12.1 Å². The molecule has 1 fully saturated rings. The Morgan fingerprint density at radius 1 is 1.00 bits per heavy atom. The van der Waals surface area contributed by atoms with E-state index in [2.05, 4.69) is 22.2 Å². The van der Waals surface area contributed by atoms with Crippen molar-refractivity contribution in [2.75, 3.05) is 13.3 Å². The smallest absolute Gasteiger partial charge is 0.246 e. The van der Waals surface area contributed by atoms with E-state index in [1.54, 1.807) is 36.5 Å². The number of phenols is 1. The number of rotatable bonds is 12. The minimum absolute atomic E-state index is 0.0372. The summed E-state index contributed by atoms with van der Waals surface area (Å²) in [5.41, 5.74) is 14.7. The van der Waals surface area contributed by atoms with E-state index in [0.717, 1.165) is 22.0 Å². The number of aromatic nitrogens is 1. The maximum atomic E-state index is 14.2. The Kier molecular flexibility index (Phi) is 9.54.